The van der Waals surface area contributed by atoms with Gasteiger partial charge in [-0.25, -0.2) is 8.42 Å². The molecule has 41 heavy (non-hydrogen) atoms. The SMILES string of the molecule is CCC(C(=O)NC1CCCC1)N(Cc1ccc(Cl)cc1)C(=O)CN(c1cccc(Cl)c1Cl)S(=O)(=O)c1ccccc1. The van der Waals surface area contributed by atoms with Crippen LogP contribution in [-0.2, 0) is 26.2 Å². The van der Waals surface area contributed by atoms with Gasteiger partial charge in [0.25, 0.3) is 10.0 Å². The Labute approximate surface area is 256 Å². The standard InChI is InChI=1S/C30H32Cl3N3O4S/c1-2-26(30(38)34-23-9-6-7-10-23)35(19-21-15-17-22(31)18-16-21)28(37)20-36(27-14-8-13-25(32)29(27)33)41(39,40)24-11-4-3-5-12-24/h3-5,8,11-18,23,26H,2,6-7,9-10,19-20H2,1H3,(H,34,38). The van der Waals surface area contributed by atoms with E-state index in [2.05, 4.69) is 5.32 Å². The molecule has 1 unspecified atom stereocenters. The molecule has 1 N–H and O–H groups in total. The lowest BCUT2D eigenvalue weighted by atomic mass is 10.1. The van der Waals surface area contributed by atoms with E-state index < -0.39 is 28.5 Å². The predicted molar refractivity (Wildman–Crippen MR) is 164 cm³/mol. The summed E-state index contributed by atoms with van der Waals surface area (Å²) in [5.41, 5.74) is 0.805. The second kappa shape index (κ2) is 13.9. The molecule has 0 aromatic heterocycles. The molecule has 0 bridgehead atoms. The number of halogens is 3. The van der Waals surface area contributed by atoms with Crippen LogP contribution < -0.4 is 9.62 Å². The molecule has 1 atom stereocenters. The summed E-state index contributed by atoms with van der Waals surface area (Å²) in [6, 6.07) is 18.6. The van der Waals surface area contributed by atoms with Gasteiger partial charge in [-0.2, -0.15) is 0 Å². The van der Waals surface area contributed by atoms with Crippen LogP contribution in [0.3, 0.4) is 0 Å². The number of amides is 2. The molecule has 0 saturated heterocycles. The zero-order valence-corrected chi connectivity index (χ0v) is 25.7. The molecule has 11 heteroatoms. The topological polar surface area (TPSA) is 86.8 Å². The van der Waals surface area contributed by atoms with Crippen molar-refractivity contribution in [1.82, 2.24) is 10.2 Å². The van der Waals surface area contributed by atoms with E-state index in [4.69, 9.17) is 34.8 Å². The van der Waals surface area contributed by atoms with Crippen LogP contribution in [0.25, 0.3) is 0 Å². The third kappa shape index (κ3) is 7.55. The van der Waals surface area contributed by atoms with Gasteiger partial charge in [-0.1, -0.05) is 91.0 Å². The molecule has 4 rings (SSSR count). The molecule has 3 aromatic carbocycles. The van der Waals surface area contributed by atoms with Gasteiger partial charge in [-0.3, -0.25) is 13.9 Å². The van der Waals surface area contributed by atoms with E-state index >= 15 is 0 Å². The summed E-state index contributed by atoms with van der Waals surface area (Å²) in [7, 11) is -4.25. The highest BCUT2D eigenvalue weighted by atomic mass is 35.5. The normalized spacial score (nSPS) is 14.4. The number of nitrogens with one attached hydrogen (secondary N) is 1. The summed E-state index contributed by atoms with van der Waals surface area (Å²) in [6.45, 7) is 1.31. The molecule has 0 spiro atoms. The molecule has 1 saturated carbocycles. The van der Waals surface area contributed by atoms with Crippen LogP contribution in [0.1, 0.15) is 44.6 Å². The van der Waals surface area contributed by atoms with Gasteiger partial charge in [0.05, 0.1) is 20.6 Å². The first kappa shape index (κ1) is 31.2. The van der Waals surface area contributed by atoms with Crippen LogP contribution in [0.2, 0.25) is 15.1 Å². The molecule has 7 nitrogen and oxygen atoms in total. The lowest BCUT2D eigenvalue weighted by molar-refractivity contribution is -0.140. The highest BCUT2D eigenvalue weighted by molar-refractivity contribution is 7.92. The quantitative estimate of drug-likeness (QED) is 0.254. The minimum atomic E-state index is -4.25. The van der Waals surface area contributed by atoms with Crippen molar-refractivity contribution in [1.29, 1.82) is 0 Å². The van der Waals surface area contributed by atoms with E-state index in [9.17, 15) is 18.0 Å². The van der Waals surface area contributed by atoms with E-state index in [0.717, 1.165) is 35.6 Å². The first-order chi connectivity index (χ1) is 19.6. The Bertz CT molecular complexity index is 1460. The molecule has 2 amide bonds. The summed E-state index contributed by atoms with van der Waals surface area (Å²) >= 11 is 18.8. The molecule has 3 aromatic rings. The molecule has 0 radical (unpaired) electrons. The zero-order valence-electron chi connectivity index (χ0n) is 22.6. The Hall–Kier alpha value is -2.78. The summed E-state index contributed by atoms with van der Waals surface area (Å²) < 4.78 is 28.8. The van der Waals surface area contributed by atoms with Crippen molar-refractivity contribution < 1.29 is 18.0 Å². The first-order valence-electron chi connectivity index (χ1n) is 13.5. The summed E-state index contributed by atoms with van der Waals surface area (Å²) in [6.07, 6.45) is 4.21. The van der Waals surface area contributed by atoms with Gasteiger partial charge in [-0.05, 0) is 61.2 Å². The molecule has 218 valence electrons. The van der Waals surface area contributed by atoms with Crippen molar-refractivity contribution in [3.63, 3.8) is 0 Å². The monoisotopic (exact) mass is 635 g/mol. The summed E-state index contributed by atoms with van der Waals surface area (Å²) in [4.78, 5) is 29.1. The van der Waals surface area contributed by atoms with Crippen molar-refractivity contribution in [2.45, 2.75) is 62.6 Å². The number of benzene rings is 3. The second-order valence-electron chi connectivity index (χ2n) is 9.96. The number of sulfonamides is 1. The van der Waals surface area contributed by atoms with Gasteiger partial charge in [0.2, 0.25) is 11.8 Å². The highest BCUT2D eigenvalue weighted by Crippen LogP contribution is 2.35. The summed E-state index contributed by atoms with van der Waals surface area (Å²) in [5, 5.41) is 3.77. The maximum absolute atomic E-state index is 14.2. The number of nitrogens with zero attached hydrogens (tertiary/aromatic N) is 2. The molecule has 1 aliphatic carbocycles. The van der Waals surface area contributed by atoms with Gasteiger partial charge in [0.15, 0.2) is 0 Å². The number of hydrogen-bond acceptors (Lipinski definition) is 4. The summed E-state index contributed by atoms with van der Waals surface area (Å²) in [5.74, 6) is -0.830. The van der Waals surface area contributed by atoms with Gasteiger partial charge in [0.1, 0.15) is 12.6 Å². The highest BCUT2D eigenvalue weighted by Gasteiger charge is 2.35. The van der Waals surface area contributed by atoms with E-state index in [1.54, 1.807) is 48.5 Å². The number of carbonyl (C=O) groups excluding carboxylic acids is 2. The van der Waals surface area contributed by atoms with Crippen molar-refractivity contribution in [2.24, 2.45) is 0 Å². The fourth-order valence-electron chi connectivity index (χ4n) is 4.99. The molecular formula is C30H32Cl3N3O4S. The number of rotatable bonds is 11. The van der Waals surface area contributed by atoms with Gasteiger partial charge < -0.3 is 10.2 Å². The maximum atomic E-state index is 14.2. The van der Waals surface area contributed by atoms with Gasteiger partial charge in [-0.15, -0.1) is 0 Å². The molecule has 0 heterocycles. The number of anilines is 1. The van der Waals surface area contributed by atoms with Crippen LogP contribution in [0.4, 0.5) is 5.69 Å². The lowest BCUT2D eigenvalue weighted by Gasteiger charge is -2.34. The smallest absolute Gasteiger partial charge is 0.264 e. The van der Waals surface area contributed by atoms with Crippen molar-refractivity contribution >= 4 is 62.3 Å². The number of carbonyl (C=O) groups is 2. The van der Waals surface area contributed by atoms with Gasteiger partial charge >= 0.3 is 0 Å². The fourth-order valence-corrected chi connectivity index (χ4v) is 7.01. The molecule has 1 fully saturated rings. The maximum Gasteiger partial charge on any atom is 0.264 e. The van der Waals surface area contributed by atoms with Crippen LogP contribution in [0.15, 0.2) is 77.7 Å². The van der Waals surface area contributed by atoms with Crippen LogP contribution in [-0.4, -0.2) is 43.8 Å². The predicted octanol–water partition coefficient (Wildman–Crippen LogP) is 6.71. The molecule has 1 aliphatic rings. The second-order valence-corrected chi connectivity index (χ2v) is 13.0. The van der Waals surface area contributed by atoms with Crippen molar-refractivity contribution in [3.05, 3.63) is 93.4 Å². The number of hydrogen-bond donors (Lipinski definition) is 1. The minimum Gasteiger partial charge on any atom is -0.352 e. The Morgan fingerprint density at radius 1 is 0.927 bits per heavy atom. The zero-order chi connectivity index (χ0) is 29.6. The fraction of sp³-hybridized carbons (Fsp3) is 0.333. The van der Waals surface area contributed by atoms with Gasteiger partial charge in [0, 0.05) is 17.6 Å². The molecular weight excluding hydrogens is 605 g/mol. The van der Waals surface area contributed by atoms with E-state index in [0.29, 0.717) is 11.4 Å². The van der Waals surface area contributed by atoms with E-state index in [-0.39, 0.29) is 39.1 Å². The minimum absolute atomic E-state index is 0.00302. The van der Waals surface area contributed by atoms with E-state index in [1.807, 2.05) is 6.92 Å². The average Bonchev–Trinajstić information content (AvgIpc) is 3.47. The Balaban J connectivity index is 1.73. The van der Waals surface area contributed by atoms with Crippen LogP contribution in [0.5, 0.6) is 0 Å². The lowest BCUT2D eigenvalue weighted by Crippen LogP contribution is -2.53. The van der Waals surface area contributed by atoms with Crippen molar-refractivity contribution in [3.8, 4) is 0 Å². The third-order valence-electron chi connectivity index (χ3n) is 7.16. The average molecular weight is 637 g/mol. The Morgan fingerprint density at radius 2 is 1.59 bits per heavy atom. The largest absolute Gasteiger partial charge is 0.352 e. The third-order valence-corrected chi connectivity index (χ3v) is 10.00. The van der Waals surface area contributed by atoms with Crippen LogP contribution >= 0.6 is 34.8 Å². The Kier molecular flexibility index (Phi) is 10.6. The van der Waals surface area contributed by atoms with Crippen molar-refractivity contribution in [2.75, 3.05) is 10.8 Å². The van der Waals surface area contributed by atoms with E-state index in [1.165, 1.54) is 29.2 Å². The first-order valence-corrected chi connectivity index (χ1v) is 16.0. The Morgan fingerprint density at radius 3 is 2.22 bits per heavy atom. The molecule has 0 aliphatic heterocycles. The van der Waals surface area contributed by atoms with Crippen LogP contribution in [0, 0.1) is 0 Å².